The van der Waals surface area contributed by atoms with Crippen molar-refractivity contribution >= 4 is 36.0 Å². The van der Waals surface area contributed by atoms with Gasteiger partial charge in [0.2, 0.25) is 10.6 Å². The zero-order valence-corrected chi connectivity index (χ0v) is 24.2. The van der Waals surface area contributed by atoms with E-state index in [9.17, 15) is 24.6 Å². The van der Waals surface area contributed by atoms with Crippen molar-refractivity contribution in [2.45, 2.75) is 61.6 Å². The van der Waals surface area contributed by atoms with Crippen molar-refractivity contribution in [2.75, 3.05) is 58.7 Å². The fourth-order valence-electron chi connectivity index (χ4n) is 4.81. The van der Waals surface area contributed by atoms with E-state index in [0.717, 1.165) is 25.7 Å². The lowest BCUT2D eigenvalue weighted by molar-refractivity contribution is -0.139. The van der Waals surface area contributed by atoms with Crippen molar-refractivity contribution in [2.24, 2.45) is 0 Å². The number of hydrogen-bond donors (Lipinski definition) is 6. The molecule has 0 bridgehead atoms. The molecule has 2 aromatic heterocycles. The van der Waals surface area contributed by atoms with Crippen molar-refractivity contribution in [3.05, 3.63) is 11.5 Å². The number of aliphatic hydroxyl groups excluding tert-OH is 3. The molecule has 2 aromatic rings. The normalized spacial score (nSPS) is 25.2. The molecule has 2 fully saturated rings. The molecule has 6 N–H and O–H groups in total. The summed E-state index contributed by atoms with van der Waals surface area (Å²) in [6, 6.07) is 0.235. The highest BCUT2D eigenvalue weighted by molar-refractivity contribution is 7.53. The molecule has 1 saturated carbocycles. The second-order valence-corrected chi connectivity index (χ2v) is 12.2. The third kappa shape index (κ3) is 7.52. The summed E-state index contributed by atoms with van der Waals surface area (Å²) >= 11 is 6.20. The summed E-state index contributed by atoms with van der Waals surface area (Å²) in [6.07, 6.45) is 0.234. The molecule has 0 amide bonds. The van der Waals surface area contributed by atoms with Crippen LogP contribution >= 0.6 is 19.2 Å². The lowest BCUT2D eigenvalue weighted by atomic mass is 10.1. The van der Waals surface area contributed by atoms with Gasteiger partial charge in [0.1, 0.15) is 24.1 Å². The van der Waals surface area contributed by atoms with Crippen molar-refractivity contribution in [1.29, 1.82) is 0 Å². The van der Waals surface area contributed by atoms with Gasteiger partial charge in [-0.15, -0.1) is 0 Å². The summed E-state index contributed by atoms with van der Waals surface area (Å²) in [6.45, 7) is -2.19. The summed E-state index contributed by atoms with van der Waals surface area (Å²) in [5.41, 5.74) is 0.261. The smallest absolute Gasteiger partial charge is 0.361 e. The Kier molecular flexibility index (Phi) is 11.3. The highest BCUT2D eigenvalue weighted by Gasteiger charge is 2.52. The third-order valence-corrected chi connectivity index (χ3v) is 8.69. The van der Waals surface area contributed by atoms with E-state index in [1.54, 1.807) is 0 Å². The highest BCUT2D eigenvalue weighted by atomic mass is 35.5. The van der Waals surface area contributed by atoms with Crippen molar-refractivity contribution < 1.29 is 53.4 Å². The quantitative estimate of drug-likeness (QED) is 0.0822. The van der Waals surface area contributed by atoms with Crippen LogP contribution in [0.1, 0.15) is 31.9 Å². The summed E-state index contributed by atoms with van der Waals surface area (Å²) in [4.78, 5) is 28.9. The standard InChI is InChI=1S/C23H37ClN5O11P/c1-36-8-9-38-13-23(41(33,34)35,12-37-7-6-30)39-11-16-17(31)18(32)21(40-16)29-20-15(10-25-29)19(27-22(24)28-20)26-14-4-2-3-5-14/h10,14,16-18,21,30-32H,2-9,11-13H2,1H3,(H,26,27,28)(H2,33,34,35)/t16-,17-,18-,21-,23?/m1/s1. The van der Waals surface area contributed by atoms with Gasteiger partial charge in [-0.25, -0.2) is 4.68 Å². The number of aromatic nitrogens is 4. The minimum Gasteiger partial charge on any atom is -0.394 e. The predicted octanol–water partition coefficient (Wildman–Crippen LogP) is 0.0159. The summed E-state index contributed by atoms with van der Waals surface area (Å²) < 4.78 is 40.9. The Balaban J connectivity index is 1.52. The van der Waals surface area contributed by atoms with Gasteiger partial charge in [-0.1, -0.05) is 12.8 Å². The van der Waals surface area contributed by atoms with Crippen LogP contribution in [-0.4, -0.2) is 128 Å². The van der Waals surface area contributed by atoms with Gasteiger partial charge in [0.05, 0.1) is 57.8 Å². The van der Waals surface area contributed by atoms with Crippen LogP contribution < -0.4 is 5.32 Å². The maximum Gasteiger partial charge on any atom is 0.361 e. The SMILES string of the molecule is COCCOCC(COCCO)(OC[C@H]1O[C@@H](n2ncc3c(NC4CCCC4)nc(Cl)nc32)[C@H](O)[C@@H]1O)P(=O)(O)O. The maximum absolute atomic E-state index is 12.6. The van der Waals surface area contributed by atoms with Gasteiger partial charge in [0, 0.05) is 13.2 Å². The topological polar surface area (TPSA) is 220 Å². The Labute approximate surface area is 241 Å². The number of halogens is 1. The van der Waals surface area contributed by atoms with E-state index in [1.165, 1.54) is 18.0 Å². The summed E-state index contributed by atoms with van der Waals surface area (Å²) in [5, 5.41) is 36.6. The zero-order chi connectivity index (χ0) is 29.6. The van der Waals surface area contributed by atoms with Gasteiger partial charge in [-0.3, -0.25) is 4.57 Å². The number of rotatable bonds is 16. The zero-order valence-electron chi connectivity index (χ0n) is 22.5. The van der Waals surface area contributed by atoms with Gasteiger partial charge in [-0.05, 0) is 24.4 Å². The Hall–Kier alpha value is -1.53. The van der Waals surface area contributed by atoms with E-state index in [2.05, 4.69) is 20.4 Å². The van der Waals surface area contributed by atoms with Crippen molar-refractivity contribution in [3.8, 4) is 0 Å². The highest BCUT2D eigenvalue weighted by Crippen LogP contribution is 2.52. The van der Waals surface area contributed by atoms with Gasteiger partial charge in [0.25, 0.3) is 0 Å². The first-order valence-corrected chi connectivity index (χ1v) is 15.2. The number of nitrogens with one attached hydrogen (secondary N) is 1. The van der Waals surface area contributed by atoms with Gasteiger partial charge in [0.15, 0.2) is 11.9 Å². The van der Waals surface area contributed by atoms with E-state index in [1.807, 2.05) is 0 Å². The molecule has 16 nitrogen and oxygen atoms in total. The molecule has 41 heavy (non-hydrogen) atoms. The van der Waals surface area contributed by atoms with Crippen LogP contribution in [0.3, 0.4) is 0 Å². The number of anilines is 1. The number of methoxy groups -OCH3 is 1. The van der Waals surface area contributed by atoms with Crippen LogP contribution in [0.2, 0.25) is 5.28 Å². The number of fused-ring (bicyclic) bond motifs is 1. The van der Waals surface area contributed by atoms with Crippen LogP contribution in [0, 0.1) is 0 Å². The fourth-order valence-corrected chi connectivity index (χ4v) is 5.74. The van der Waals surface area contributed by atoms with Gasteiger partial charge >= 0.3 is 7.60 Å². The molecule has 5 atom stereocenters. The Bertz CT molecular complexity index is 1180. The lowest BCUT2D eigenvalue weighted by Gasteiger charge is -2.34. The van der Waals surface area contributed by atoms with Crippen LogP contribution in [0.25, 0.3) is 11.0 Å². The summed E-state index contributed by atoms with van der Waals surface area (Å²) in [7, 11) is -3.62. The van der Waals surface area contributed by atoms with E-state index in [4.69, 9.17) is 40.4 Å². The lowest BCUT2D eigenvalue weighted by Crippen LogP contribution is -2.46. The van der Waals surface area contributed by atoms with E-state index in [0.29, 0.717) is 11.2 Å². The van der Waals surface area contributed by atoms with Crippen LogP contribution in [0.4, 0.5) is 5.82 Å². The van der Waals surface area contributed by atoms with Crippen LogP contribution in [0.15, 0.2) is 6.20 Å². The average molecular weight is 626 g/mol. The van der Waals surface area contributed by atoms with E-state index >= 15 is 0 Å². The first-order valence-electron chi connectivity index (χ1n) is 13.2. The number of ether oxygens (including phenoxy) is 5. The first-order chi connectivity index (χ1) is 19.6. The molecule has 1 saturated heterocycles. The minimum absolute atomic E-state index is 0.0132. The van der Waals surface area contributed by atoms with E-state index in [-0.39, 0.29) is 43.4 Å². The maximum atomic E-state index is 12.6. The van der Waals surface area contributed by atoms with E-state index < -0.39 is 57.3 Å². The molecule has 1 unspecified atom stereocenters. The summed E-state index contributed by atoms with van der Waals surface area (Å²) in [5.74, 6) is 0.494. The molecule has 1 aliphatic heterocycles. The first kappa shape index (κ1) is 32.4. The molecule has 0 radical (unpaired) electrons. The minimum atomic E-state index is -5.06. The molecule has 0 aromatic carbocycles. The second-order valence-electron chi connectivity index (χ2n) is 9.96. The monoisotopic (exact) mass is 625 g/mol. The van der Waals surface area contributed by atoms with Crippen LogP contribution in [-0.2, 0) is 28.2 Å². The molecule has 232 valence electrons. The molecule has 0 spiro atoms. The molecular formula is C23H37ClN5O11P. The second kappa shape index (κ2) is 14.3. The third-order valence-electron chi connectivity index (χ3n) is 7.07. The average Bonchev–Trinajstić information content (AvgIpc) is 3.65. The fraction of sp³-hybridized carbons (Fsp3) is 0.783. The molecule has 4 rings (SSSR count). The number of nitrogens with zero attached hydrogens (tertiary/aromatic N) is 4. The Morgan fingerprint density at radius 3 is 2.51 bits per heavy atom. The van der Waals surface area contributed by atoms with Crippen LogP contribution in [0.5, 0.6) is 0 Å². The molecule has 18 heteroatoms. The van der Waals surface area contributed by atoms with Crippen molar-refractivity contribution in [1.82, 2.24) is 19.7 Å². The molecule has 1 aliphatic carbocycles. The molecule has 3 heterocycles. The molecule has 2 aliphatic rings. The van der Waals surface area contributed by atoms with Gasteiger partial charge < -0.3 is 54.1 Å². The predicted molar refractivity (Wildman–Crippen MR) is 143 cm³/mol. The van der Waals surface area contributed by atoms with Crippen molar-refractivity contribution in [3.63, 3.8) is 0 Å². The Morgan fingerprint density at radius 1 is 1.15 bits per heavy atom. The number of hydrogen-bond acceptors (Lipinski definition) is 13. The number of aliphatic hydroxyl groups is 3. The molecular weight excluding hydrogens is 589 g/mol. The largest absolute Gasteiger partial charge is 0.394 e. The van der Waals surface area contributed by atoms with Gasteiger partial charge in [-0.2, -0.15) is 15.1 Å². The Morgan fingerprint density at radius 2 is 1.85 bits per heavy atom.